The summed E-state index contributed by atoms with van der Waals surface area (Å²) in [6.07, 6.45) is 11.1. The molecule has 0 atom stereocenters. The van der Waals surface area contributed by atoms with E-state index >= 15 is 0 Å². The van der Waals surface area contributed by atoms with Crippen molar-refractivity contribution in [2.24, 2.45) is 5.92 Å². The fourth-order valence-electron chi connectivity index (χ4n) is 5.03. The number of anilines is 2. The summed E-state index contributed by atoms with van der Waals surface area (Å²) < 4.78 is 2.32. The van der Waals surface area contributed by atoms with Crippen LogP contribution in [0.25, 0.3) is 17.0 Å². The fourth-order valence-corrected chi connectivity index (χ4v) is 5.21. The standard InChI is InChI=1S/C27H28ClN3O2/c28-21-8-11-25-20(14-21)15-23(31(25)17-18-4-2-1-3-5-18)10-13-26(32)29-22-9-6-19-7-12-27(33)30-24(19)16-22/h6,8-11,13-16,18H,1-5,7,12,17H2,(H,29,32)(H,30,33)/b13-10+. The molecule has 0 spiro atoms. The van der Waals surface area contributed by atoms with E-state index in [9.17, 15) is 9.59 Å². The average molecular weight is 462 g/mol. The summed E-state index contributed by atoms with van der Waals surface area (Å²) in [7, 11) is 0. The van der Waals surface area contributed by atoms with Gasteiger partial charge >= 0.3 is 0 Å². The quantitative estimate of drug-likeness (QED) is 0.431. The Morgan fingerprint density at radius 3 is 2.79 bits per heavy atom. The van der Waals surface area contributed by atoms with Crippen LogP contribution in [0.5, 0.6) is 0 Å². The molecule has 1 aliphatic carbocycles. The van der Waals surface area contributed by atoms with Crippen molar-refractivity contribution in [2.45, 2.75) is 51.5 Å². The van der Waals surface area contributed by atoms with Gasteiger partial charge in [-0.05, 0) is 73.2 Å². The number of aryl methyl sites for hydroxylation is 1. The van der Waals surface area contributed by atoms with E-state index < -0.39 is 0 Å². The summed E-state index contributed by atoms with van der Waals surface area (Å²) in [5.41, 5.74) is 4.69. The Balaban J connectivity index is 1.36. The lowest BCUT2D eigenvalue weighted by molar-refractivity contribution is -0.116. The van der Waals surface area contributed by atoms with Crippen LogP contribution in [-0.2, 0) is 22.6 Å². The van der Waals surface area contributed by atoms with Gasteiger partial charge in [0.2, 0.25) is 11.8 Å². The zero-order chi connectivity index (χ0) is 22.8. The van der Waals surface area contributed by atoms with Crippen molar-refractivity contribution in [3.05, 3.63) is 64.8 Å². The molecule has 170 valence electrons. The molecule has 5 nitrogen and oxygen atoms in total. The third-order valence-electron chi connectivity index (χ3n) is 6.74. The minimum Gasteiger partial charge on any atom is -0.341 e. The van der Waals surface area contributed by atoms with Gasteiger partial charge in [-0.3, -0.25) is 9.59 Å². The maximum Gasteiger partial charge on any atom is 0.248 e. The van der Waals surface area contributed by atoms with Crippen molar-refractivity contribution in [3.63, 3.8) is 0 Å². The van der Waals surface area contributed by atoms with Crippen LogP contribution < -0.4 is 10.6 Å². The number of aromatic nitrogens is 1. The highest BCUT2D eigenvalue weighted by molar-refractivity contribution is 6.31. The number of hydrogen-bond donors (Lipinski definition) is 2. The third kappa shape index (κ3) is 4.98. The van der Waals surface area contributed by atoms with E-state index in [1.54, 1.807) is 6.08 Å². The topological polar surface area (TPSA) is 63.1 Å². The molecule has 0 unspecified atom stereocenters. The summed E-state index contributed by atoms with van der Waals surface area (Å²) >= 11 is 6.23. The van der Waals surface area contributed by atoms with E-state index in [0.29, 0.717) is 23.0 Å². The molecular formula is C27H28ClN3O2. The first-order valence-corrected chi connectivity index (χ1v) is 12.1. The van der Waals surface area contributed by atoms with E-state index in [4.69, 9.17) is 11.6 Å². The first kappa shape index (κ1) is 21.8. The number of carbonyl (C=O) groups is 2. The van der Waals surface area contributed by atoms with Crippen LogP contribution in [0.2, 0.25) is 5.02 Å². The van der Waals surface area contributed by atoms with Gasteiger partial charge in [-0.1, -0.05) is 36.9 Å². The SMILES string of the molecule is O=C(/C=C/c1cc2cc(Cl)ccc2n1CC1CCCCC1)Nc1ccc2c(c1)NC(=O)CC2. The molecule has 1 saturated carbocycles. The Hall–Kier alpha value is -3.05. The monoisotopic (exact) mass is 461 g/mol. The number of amides is 2. The van der Waals surface area contributed by atoms with Crippen molar-refractivity contribution in [2.75, 3.05) is 10.6 Å². The van der Waals surface area contributed by atoms with Crippen LogP contribution in [0.3, 0.4) is 0 Å². The van der Waals surface area contributed by atoms with Gasteiger partial charge in [-0.2, -0.15) is 0 Å². The smallest absolute Gasteiger partial charge is 0.248 e. The van der Waals surface area contributed by atoms with E-state index in [1.807, 2.05) is 36.4 Å². The Morgan fingerprint density at radius 1 is 1.09 bits per heavy atom. The number of rotatable bonds is 5. The summed E-state index contributed by atoms with van der Waals surface area (Å²) in [5, 5.41) is 7.59. The lowest BCUT2D eigenvalue weighted by atomic mass is 9.89. The summed E-state index contributed by atoms with van der Waals surface area (Å²) in [6.45, 7) is 0.955. The molecule has 2 amide bonds. The molecule has 0 radical (unpaired) electrons. The molecule has 2 N–H and O–H groups in total. The number of nitrogens with one attached hydrogen (secondary N) is 2. The maximum absolute atomic E-state index is 12.7. The van der Waals surface area contributed by atoms with Crippen LogP contribution in [0, 0.1) is 5.92 Å². The van der Waals surface area contributed by atoms with Gasteiger partial charge in [-0.15, -0.1) is 0 Å². The largest absolute Gasteiger partial charge is 0.341 e. The predicted octanol–water partition coefficient (Wildman–Crippen LogP) is 6.41. The van der Waals surface area contributed by atoms with E-state index in [0.717, 1.165) is 40.8 Å². The van der Waals surface area contributed by atoms with Crippen LogP contribution >= 0.6 is 11.6 Å². The van der Waals surface area contributed by atoms with Crippen LogP contribution in [0.15, 0.2) is 48.5 Å². The molecule has 2 aromatic carbocycles. The second-order valence-corrected chi connectivity index (χ2v) is 9.57. The molecule has 5 rings (SSSR count). The van der Waals surface area contributed by atoms with E-state index in [1.165, 1.54) is 32.1 Å². The number of halogens is 1. The molecule has 2 heterocycles. The molecule has 3 aromatic rings. The normalized spacial score (nSPS) is 16.7. The van der Waals surface area contributed by atoms with Gasteiger partial charge < -0.3 is 15.2 Å². The Bertz CT molecular complexity index is 1240. The van der Waals surface area contributed by atoms with Gasteiger partial charge in [0.25, 0.3) is 0 Å². The molecule has 0 bridgehead atoms. The number of carbonyl (C=O) groups excluding carboxylic acids is 2. The Labute approximate surface area is 198 Å². The molecule has 33 heavy (non-hydrogen) atoms. The minimum atomic E-state index is -0.204. The Morgan fingerprint density at radius 2 is 1.94 bits per heavy atom. The van der Waals surface area contributed by atoms with Crippen molar-refractivity contribution in [3.8, 4) is 0 Å². The van der Waals surface area contributed by atoms with E-state index in [2.05, 4.69) is 27.3 Å². The molecule has 1 aromatic heterocycles. The molecule has 1 fully saturated rings. The predicted molar refractivity (Wildman–Crippen MR) is 135 cm³/mol. The number of fused-ring (bicyclic) bond motifs is 2. The van der Waals surface area contributed by atoms with Crippen molar-refractivity contribution in [1.29, 1.82) is 0 Å². The third-order valence-corrected chi connectivity index (χ3v) is 6.97. The average Bonchev–Trinajstić information content (AvgIpc) is 3.14. The number of benzene rings is 2. The van der Waals surface area contributed by atoms with Crippen molar-refractivity contribution < 1.29 is 9.59 Å². The highest BCUT2D eigenvalue weighted by atomic mass is 35.5. The number of hydrogen-bond acceptors (Lipinski definition) is 2. The Kier molecular flexibility index (Phi) is 6.23. The first-order valence-electron chi connectivity index (χ1n) is 11.8. The summed E-state index contributed by atoms with van der Waals surface area (Å²) in [6, 6.07) is 13.7. The summed E-state index contributed by atoms with van der Waals surface area (Å²) in [4.78, 5) is 24.3. The lowest BCUT2D eigenvalue weighted by Crippen LogP contribution is -2.19. The highest BCUT2D eigenvalue weighted by Gasteiger charge is 2.18. The molecule has 6 heteroatoms. The zero-order valence-electron chi connectivity index (χ0n) is 18.6. The number of nitrogens with zero attached hydrogens (tertiary/aromatic N) is 1. The zero-order valence-corrected chi connectivity index (χ0v) is 19.3. The summed E-state index contributed by atoms with van der Waals surface area (Å²) in [5.74, 6) is 0.470. The maximum atomic E-state index is 12.7. The molecule has 0 saturated heterocycles. The van der Waals surface area contributed by atoms with E-state index in [-0.39, 0.29) is 11.8 Å². The first-order chi connectivity index (χ1) is 16.0. The van der Waals surface area contributed by atoms with Crippen LogP contribution in [0.4, 0.5) is 11.4 Å². The molecule has 2 aliphatic rings. The fraction of sp³-hybridized carbons (Fsp3) is 0.333. The van der Waals surface area contributed by atoms with Gasteiger partial charge in [0.15, 0.2) is 0 Å². The van der Waals surface area contributed by atoms with Crippen molar-refractivity contribution >= 4 is 51.8 Å². The highest BCUT2D eigenvalue weighted by Crippen LogP contribution is 2.30. The van der Waals surface area contributed by atoms with Crippen molar-refractivity contribution in [1.82, 2.24) is 4.57 Å². The van der Waals surface area contributed by atoms with Gasteiger partial charge in [0.1, 0.15) is 0 Å². The molecular weight excluding hydrogens is 434 g/mol. The second kappa shape index (κ2) is 9.44. The van der Waals surface area contributed by atoms with Crippen LogP contribution in [0.1, 0.15) is 49.8 Å². The second-order valence-electron chi connectivity index (χ2n) is 9.13. The lowest BCUT2D eigenvalue weighted by Gasteiger charge is -2.23. The molecule has 1 aliphatic heterocycles. The van der Waals surface area contributed by atoms with Gasteiger partial charge in [-0.25, -0.2) is 0 Å². The van der Waals surface area contributed by atoms with Gasteiger partial charge in [0.05, 0.1) is 0 Å². The van der Waals surface area contributed by atoms with Crippen LogP contribution in [-0.4, -0.2) is 16.4 Å². The minimum absolute atomic E-state index is 0.0109. The van der Waals surface area contributed by atoms with Gasteiger partial charge in [0, 0.05) is 52.0 Å².